The van der Waals surface area contributed by atoms with Gasteiger partial charge in [-0.05, 0) is 19.1 Å². The smallest absolute Gasteiger partial charge is 0.329 e. The lowest BCUT2D eigenvalue weighted by atomic mass is 10.2. The van der Waals surface area contributed by atoms with E-state index in [2.05, 4.69) is 4.98 Å². The first-order chi connectivity index (χ1) is 11.2. The molecule has 0 aliphatic carbocycles. The van der Waals surface area contributed by atoms with Gasteiger partial charge in [0, 0.05) is 23.4 Å². The van der Waals surface area contributed by atoms with Crippen molar-refractivity contribution in [1.82, 2.24) is 9.88 Å². The third kappa shape index (κ3) is 3.32. The van der Waals surface area contributed by atoms with E-state index in [0.717, 1.165) is 16.7 Å². The zero-order chi connectivity index (χ0) is 16.2. The molecule has 1 unspecified atom stereocenters. The number of para-hydroxylation sites is 1. The van der Waals surface area contributed by atoms with Gasteiger partial charge in [0.2, 0.25) is 0 Å². The van der Waals surface area contributed by atoms with Gasteiger partial charge in [-0.1, -0.05) is 24.3 Å². The van der Waals surface area contributed by atoms with Gasteiger partial charge < -0.3 is 9.64 Å². The van der Waals surface area contributed by atoms with Crippen LogP contribution >= 0.6 is 11.8 Å². The van der Waals surface area contributed by atoms with E-state index >= 15 is 0 Å². The lowest BCUT2D eigenvalue weighted by Gasteiger charge is -2.33. The van der Waals surface area contributed by atoms with Gasteiger partial charge in [-0.3, -0.25) is 4.79 Å². The lowest BCUT2D eigenvalue weighted by Crippen LogP contribution is -2.51. The number of nitrogens with zero attached hydrogens (tertiary/aromatic N) is 2. The Labute approximate surface area is 139 Å². The average Bonchev–Trinajstić information content (AvgIpc) is 2.61. The number of pyridine rings is 1. The summed E-state index contributed by atoms with van der Waals surface area (Å²) in [6, 6.07) is 10.7. The van der Waals surface area contributed by atoms with Gasteiger partial charge in [0.25, 0.3) is 5.91 Å². The minimum atomic E-state index is -0.533. The highest BCUT2D eigenvalue weighted by atomic mass is 32.2. The zero-order valence-electron chi connectivity index (χ0n) is 12.9. The van der Waals surface area contributed by atoms with Gasteiger partial charge in [0.1, 0.15) is 11.7 Å². The minimum absolute atomic E-state index is 0.214. The predicted molar refractivity (Wildman–Crippen MR) is 90.5 cm³/mol. The van der Waals surface area contributed by atoms with Crippen molar-refractivity contribution in [1.29, 1.82) is 0 Å². The van der Waals surface area contributed by atoms with Crippen molar-refractivity contribution in [2.24, 2.45) is 0 Å². The number of thioether (sulfide) groups is 1. The van der Waals surface area contributed by atoms with Crippen LogP contribution in [0, 0.1) is 0 Å². The van der Waals surface area contributed by atoms with Crippen LogP contribution in [-0.2, 0) is 9.53 Å². The molecule has 0 saturated carbocycles. The summed E-state index contributed by atoms with van der Waals surface area (Å²) in [6.45, 7) is 2.61. The molecular formula is C17H18N2O3S. The van der Waals surface area contributed by atoms with Crippen LogP contribution in [0.25, 0.3) is 10.9 Å². The number of carbonyl (C=O) groups excluding carboxylic acids is 2. The highest BCUT2D eigenvalue weighted by Gasteiger charge is 2.34. The second-order valence-electron chi connectivity index (χ2n) is 5.23. The van der Waals surface area contributed by atoms with E-state index in [4.69, 9.17) is 4.74 Å². The topological polar surface area (TPSA) is 59.5 Å². The molecule has 1 atom stereocenters. The van der Waals surface area contributed by atoms with Crippen LogP contribution < -0.4 is 0 Å². The quantitative estimate of drug-likeness (QED) is 0.809. The van der Waals surface area contributed by atoms with E-state index in [9.17, 15) is 9.59 Å². The fraction of sp³-hybridized carbons (Fsp3) is 0.353. The van der Waals surface area contributed by atoms with Crippen LogP contribution in [0.3, 0.4) is 0 Å². The largest absolute Gasteiger partial charge is 0.464 e. The van der Waals surface area contributed by atoms with Crippen LogP contribution in [-0.4, -0.2) is 52.5 Å². The molecule has 0 radical (unpaired) electrons. The van der Waals surface area contributed by atoms with E-state index in [1.165, 1.54) is 0 Å². The van der Waals surface area contributed by atoms with E-state index in [0.29, 0.717) is 24.6 Å². The number of esters is 1. The standard InChI is InChI=1S/C17H18N2O3S/c1-2-22-17(21)15-11-23-10-9-19(15)16(20)14-8-7-12-5-3-4-6-13(12)18-14/h3-8,15H,2,9-11H2,1H3. The van der Waals surface area contributed by atoms with E-state index < -0.39 is 6.04 Å². The second kappa shape index (κ2) is 7.00. The molecule has 120 valence electrons. The number of carbonyl (C=O) groups is 2. The number of benzene rings is 1. The maximum Gasteiger partial charge on any atom is 0.329 e. The summed E-state index contributed by atoms with van der Waals surface area (Å²) < 4.78 is 5.10. The molecule has 2 aromatic rings. The van der Waals surface area contributed by atoms with Gasteiger partial charge in [-0.25, -0.2) is 9.78 Å². The molecular weight excluding hydrogens is 312 g/mol. The molecule has 5 nitrogen and oxygen atoms in total. The average molecular weight is 330 g/mol. The van der Waals surface area contributed by atoms with Crippen molar-refractivity contribution in [3.05, 3.63) is 42.1 Å². The number of hydrogen-bond donors (Lipinski definition) is 0. The summed E-state index contributed by atoms with van der Waals surface area (Å²) in [5.41, 5.74) is 1.14. The summed E-state index contributed by atoms with van der Waals surface area (Å²) in [5, 5.41) is 0.986. The van der Waals surface area contributed by atoms with Crippen molar-refractivity contribution in [2.75, 3.05) is 24.7 Å². The highest BCUT2D eigenvalue weighted by molar-refractivity contribution is 7.99. The van der Waals surface area contributed by atoms with Gasteiger partial charge in [0.15, 0.2) is 0 Å². The molecule has 1 amide bonds. The third-order valence-electron chi connectivity index (χ3n) is 3.77. The van der Waals surface area contributed by atoms with Gasteiger partial charge in [-0.2, -0.15) is 11.8 Å². The molecule has 6 heteroatoms. The first-order valence-corrected chi connectivity index (χ1v) is 8.77. The summed E-state index contributed by atoms with van der Waals surface area (Å²) in [7, 11) is 0. The molecule has 0 spiro atoms. The minimum Gasteiger partial charge on any atom is -0.464 e. The molecule has 1 aromatic carbocycles. The van der Waals surface area contributed by atoms with Crippen LogP contribution in [0.2, 0.25) is 0 Å². The highest BCUT2D eigenvalue weighted by Crippen LogP contribution is 2.21. The Balaban J connectivity index is 1.87. The number of rotatable bonds is 3. The molecule has 2 heterocycles. The molecule has 1 saturated heterocycles. The fourth-order valence-corrected chi connectivity index (χ4v) is 3.64. The Kier molecular flexibility index (Phi) is 4.81. The molecule has 1 aliphatic heterocycles. The van der Waals surface area contributed by atoms with Crippen LogP contribution in [0.15, 0.2) is 36.4 Å². The third-order valence-corrected chi connectivity index (χ3v) is 4.79. The molecule has 1 aromatic heterocycles. The molecule has 0 bridgehead atoms. The Morgan fingerprint density at radius 3 is 2.96 bits per heavy atom. The summed E-state index contributed by atoms with van der Waals surface area (Å²) in [4.78, 5) is 30.9. The van der Waals surface area contributed by atoms with E-state index in [-0.39, 0.29) is 11.9 Å². The molecule has 23 heavy (non-hydrogen) atoms. The number of aromatic nitrogens is 1. The Bertz CT molecular complexity index is 735. The fourth-order valence-electron chi connectivity index (χ4n) is 2.61. The number of hydrogen-bond acceptors (Lipinski definition) is 5. The van der Waals surface area contributed by atoms with Crippen molar-refractivity contribution in [2.45, 2.75) is 13.0 Å². The maximum atomic E-state index is 12.8. The van der Waals surface area contributed by atoms with Gasteiger partial charge in [-0.15, -0.1) is 0 Å². The first-order valence-electron chi connectivity index (χ1n) is 7.62. The first kappa shape index (κ1) is 15.8. The number of ether oxygens (including phenoxy) is 1. The Morgan fingerprint density at radius 2 is 2.13 bits per heavy atom. The Morgan fingerprint density at radius 1 is 1.30 bits per heavy atom. The van der Waals surface area contributed by atoms with Crippen LogP contribution in [0.4, 0.5) is 0 Å². The second-order valence-corrected chi connectivity index (χ2v) is 6.38. The maximum absolute atomic E-state index is 12.8. The van der Waals surface area contributed by atoms with Crippen molar-refractivity contribution in [3.63, 3.8) is 0 Å². The monoisotopic (exact) mass is 330 g/mol. The van der Waals surface area contributed by atoms with Crippen molar-refractivity contribution >= 4 is 34.5 Å². The number of amides is 1. The molecule has 1 fully saturated rings. The van der Waals surface area contributed by atoms with E-state index in [1.54, 1.807) is 29.7 Å². The van der Waals surface area contributed by atoms with Crippen molar-refractivity contribution in [3.8, 4) is 0 Å². The summed E-state index contributed by atoms with van der Waals surface area (Å²) in [5.74, 6) is 0.829. The molecule has 3 rings (SSSR count). The SMILES string of the molecule is CCOC(=O)C1CSCCN1C(=O)c1ccc2ccccc2n1. The molecule has 0 N–H and O–H groups in total. The van der Waals surface area contributed by atoms with Gasteiger partial charge in [0.05, 0.1) is 12.1 Å². The predicted octanol–water partition coefficient (Wildman–Crippen LogP) is 2.36. The number of fused-ring (bicyclic) bond motifs is 1. The molecule has 1 aliphatic rings. The van der Waals surface area contributed by atoms with Gasteiger partial charge >= 0.3 is 5.97 Å². The Hall–Kier alpha value is -2.08. The van der Waals surface area contributed by atoms with Crippen LogP contribution in [0.5, 0.6) is 0 Å². The van der Waals surface area contributed by atoms with Crippen LogP contribution in [0.1, 0.15) is 17.4 Å². The lowest BCUT2D eigenvalue weighted by molar-refractivity contribution is -0.147. The zero-order valence-corrected chi connectivity index (χ0v) is 13.7. The summed E-state index contributed by atoms with van der Waals surface area (Å²) >= 11 is 1.66. The normalized spacial score (nSPS) is 18.0. The van der Waals surface area contributed by atoms with E-state index in [1.807, 2.05) is 30.3 Å². The van der Waals surface area contributed by atoms with Crippen molar-refractivity contribution < 1.29 is 14.3 Å². The summed E-state index contributed by atoms with van der Waals surface area (Å²) in [6.07, 6.45) is 0.